The predicted octanol–water partition coefficient (Wildman–Crippen LogP) is 3.64. The smallest absolute Gasteiger partial charge is 0.322 e. The van der Waals surface area contributed by atoms with E-state index in [1.165, 1.54) is 6.07 Å². The van der Waals surface area contributed by atoms with Crippen LogP contribution in [0.4, 0.5) is 19.3 Å². The molecule has 2 amide bonds. The third-order valence-corrected chi connectivity index (χ3v) is 4.34. The summed E-state index contributed by atoms with van der Waals surface area (Å²) in [4.78, 5) is 18.3. The first-order valence-electron chi connectivity index (χ1n) is 8.12. The van der Waals surface area contributed by atoms with E-state index in [2.05, 4.69) is 10.3 Å². The number of urea groups is 1. The van der Waals surface area contributed by atoms with Gasteiger partial charge in [-0.1, -0.05) is 0 Å². The molecule has 1 aliphatic heterocycles. The minimum absolute atomic E-state index is 0.000308. The number of aryl methyl sites for hydroxylation is 1. The fourth-order valence-corrected chi connectivity index (χ4v) is 3.06. The molecule has 0 bridgehead atoms. The summed E-state index contributed by atoms with van der Waals surface area (Å²) in [6.45, 7) is 1.42. The van der Waals surface area contributed by atoms with E-state index in [4.69, 9.17) is 0 Å². The Balaban J connectivity index is 1.64. The van der Waals surface area contributed by atoms with Gasteiger partial charge < -0.3 is 14.8 Å². The first-order valence-corrected chi connectivity index (χ1v) is 8.12. The van der Waals surface area contributed by atoms with Crippen LogP contribution in [0.15, 0.2) is 36.9 Å². The van der Waals surface area contributed by atoms with E-state index in [0.717, 1.165) is 44.4 Å². The number of piperidine rings is 1. The number of aromatic nitrogens is 2. The van der Waals surface area contributed by atoms with E-state index in [1.807, 2.05) is 10.8 Å². The lowest BCUT2D eigenvalue weighted by Gasteiger charge is -2.36. The van der Waals surface area contributed by atoms with Gasteiger partial charge in [-0.25, -0.2) is 18.6 Å². The molecule has 7 heteroatoms. The van der Waals surface area contributed by atoms with Gasteiger partial charge in [0.2, 0.25) is 0 Å². The zero-order valence-electron chi connectivity index (χ0n) is 13.3. The Labute approximate surface area is 139 Å². The number of hydrogen-bond acceptors (Lipinski definition) is 2. The molecule has 2 aromatic rings. The lowest BCUT2D eigenvalue weighted by molar-refractivity contribution is 0.155. The summed E-state index contributed by atoms with van der Waals surface area (Å²) >= 11 is 0. The van der Waals surface area contributed by atoms with E-state index >= 15 is 0 Å². The monoisotopic (exact) mass is 334 g/mol. The van der Waals surface area contributed by atoms with Gasteiger partial charge in [-0.15, -0.1) is 0 Å². The molecular weight excluding hydrogens is 314 g/mol. The molecule has 0 spiro atoms. The van der Waals surface area contributed by atoms with Crippen molar-refractivity contribution in [2.75, 3.05) is 11.9 Å². The molecule has 1 aromatic carbocycles. The van der Waals surface area contributed by atoms with Crippen molar-refractivity contribution in [3.63, 3.8) is 0 Å². The molecule has 1 atom stereocenters. The maximum atomic E-state index is 13.7. The van der Waals surface area contributed by atoms with Crippen LogP contribution >= 0.6 is 0 Å². The SMILES string of the molecule is O=C(Nc1ccc(F)cc1F)N1CCCC[C@H]1CCn1ccnc1. The van der Waals surface area contributed by atoms with Gasteiger partial charge in [0, 0.05) is 37.6 Å². The Morgan fingerprint density at radius 3 is 2.96 bits per heavy atom. The second-order valence-electron chi connectivity index (χ2n) is 5.99. The number of benzene rings is 1. The molecule has 0 radical (unpaired) electrons. The van der Waals surface area contributed by atoms with Crippen LogP contribution in [-0.2, 0) is 6.54 Å². The van der Waals surface area contributed by atoms with Crippen LogP contribution < -0.4 is 5.32 Å². The summed E-state index contributed by atoms with van der Waals surface area (Å²) in [5.41, 5.74) is 0.000308. The molecular formula is C17H20F2N4O. The van der Waals surface area contributed by atoms with Gasteiger partial charge in [-0.05, 0) is 37.8 Å². The molecule has 0 aliphatic carbocycles. The molecule has 128 valence electrons. The summed E-state index contributed by atoms with van der Waals surface area (Å²) in [5.74, 6) is -1.43. The van der Waals surface area contributed by atoms with Gasteiger partial charge >= 0.3 is 6.03 Å². The Bertz CT molecular complexity index is 690. The average Bonchev–Trinajstić information content (AvgIpc) is 3.09. The highest BCUT2D eigenvalue weighted by Gasteiger charge is 2.27. The third-order valence-electron chi connectivity index (χ3n) is 4.34. The van der Waals surface area contributed by atoms with Crippen molar-refractivity contribution in [3.8, 4) is 0 Å². The van der Waals surface area contributed by atoms with Crippen molar-refractivity contribution in [1.29, 1.82) is 0 Å². The third kappa shape index (κ3) is 3.90. The van der Waals surface area contributed by atoms with Gasteiger partial charge in [0.25, 0.3) is 0 Å². The lowest BCUT2D eigenvalue weighted by Crippen LogP contribution is -2.46. The maximum absolute atomic E-state index is 13.7. The first-order chi connectivity index (χ1) is 11.6. The second-order valence-corrected chi connectivity index (χ2v) is 5.99. The first kappa shape index (κ1) is 16.4. The number of amides is 2. The molecule has 24 heavy (non-hydrogen) atoms. The van der Waals surface area contributed by atoms with E-state index in [-0.39, 0.29) is 17.8 Å². The number of likely N-dealkylation sites (tertiary alicyclic amines) is 1. The van der Waals surface area contributed by atoms with Crippen molar-refractivity contribution < 1.29 is 13.6 Å². The van der Waals surface area contributed by atoms with Crippen LogP contribution in [-0.4, -0.2) is 33.1 Å². The van der Waals surface area contributed by atoms with Crippen LogP contribution in [0.2, 0.25) is 0 Å². The summed E-state index contributed by atoms with van der Waals surface area (Å²) in [6.07, 6.45) is 9.11. The van der Waals surface area contributed by atoms with Crippen LogP contribution in [0.25, 0.3) is 0 Å². The number of carbonyl (C=O) groups excluding carboxylic acids is 1. The number of anilines is 1. The van der Waals surface area contributed by atoms with Crippen LogP contribution in [0.5, 0.6) is 0 Å². The van der Waals surface area contributed by atoms with Crippen LogP contribution in [0.3, 0.4) is 0 Å². The number of halogens is 2. The standard InChI is InChI=1S/C17H20F2N4O/c18-13-4-5-16(15(19)11-13)21-17(24)23-8-2-1-3-14(23)6-9-22-10-7-20-12-22/h4-5,7,10-12,14H,1-3,6,8-9H2,(H,21,24)/t14-/m0/s1. The van der Waals surface area contributed by atoms with Gasteiger partial charge in [-0.3, -0.25) is 0 Å². The Hall–Kier alpha value is -2.44. The van der Waals surface area contributed by atoms with E-state index in [1.54, 1.807) is 17.4 Å². The van der Waals surface area contributed by atoms with Crippen molar-refractivity contribution >= 4 is 11.7 Å². The largest absolute Gasteiger partial charge is 0.337 e. The van der Waals surface area contributed by atoms with Gasteiger partial charge in [-0.2, -0.15) is 0 Å². The van der Waals surface area contributed by atoms with Gasteiger partial charge in [0.05, 0.1) is 12.0 Å². The molecule has 1 aromatic heterocycles. The summed E-state index contributed by atoms with van der Waals surface area (Å²) in [5, 5.41) is 2.56. The molecule has 5 nitrogen and oxygen atoms in total. The number of carbonyl (C=O) groups is 1. The highest BCUT2D eigenvalue weighted by molar-refractivity contribution is 5.89. The van der Waals surface area contributed by atoms with Crippen molar-refractivity contribution in [1.82, 2.24) is 14.5 Å². The highest BCUT2D eigenvalue weighted by Crippen LogP contribution is 2.22. The Kier molecular flexibility index (Phi) is 5.08. The molecule has 3 rings (SSSR count). The number of imidazole rings is 1. The quantitative estimate of drug-likeness (QED) is 0.928. The number of nitrogens with one attached hydrogen (secondary N) is 1. The van der Waals surface area contributed by atoms with Crippen molar-refractivity contribution in [2.24, 2.45) is 0 Å². The number of nitrogens with zero attached hydrogens (tertiary/aromatic N) is 3. The van der Waals surface area contributed by atoms with Gasteiger partial charge in [0.15, 0.2) is 0 Å². The molecule has 1 N–H and O–H groups in total. The number of hydrogen-bond donors (Lipinski definition) is 1. The van der Waals surface area contributed by atoms with E-state index < -0.39 is 11.6 Å². The minimum atomic E-state index is -0.768. The summed E-state index contributed by atoms with van der Waals surface area (Å²) < 4.78 is 28.7. The zero-order valence-corrected chi connectivity index (χ0v) is 13.3. The highest BCUT2D eigenvalue weighted by atomic mass is 19.1. The zero-order chi connectivity index (χ0) is 16.9. The lowest BCUT2D eigenvalue weighted by atomic mass is 9.99. The fourth-order valence-electron chi connectivity index (χ4n) is 3.06. The summed E-state index contributed by atoms with van der Waals surface area (Å²) in [7, 11) is 0. The topological polar surface area (TPSA) is 50.2 Å². The molecule has 1 saturated heterocycles. The minimum Gasteiger partial charge on any atom is -0.337 e. The van der Waals surface area contributed by atoms with Crippen molar-refractivity contribution in [3.05, 3.63) is 48.6 Å². The second kappa shape index (κ2) is 7.42. The average molecular weight is 334 g/mol. The fraction of sp³-hybridized carbons (Fsp3) is 0.412. The molecule has 0 unspecified atom stereocenters. The van der Waals surface area contributed by atoms with Crippen LogP contribution in [0, 0.1) is 11.6 Å². The van der Waals surface area contributed by atoms with E-state index in [0.29, 0.717) is 6.54 Å². The maximum Gasteiger partial charge on any atom is 0.322 e. The molecule has 0 saturated carbocycles. The molecule has 1 aliphatic rings. The number of rotatable bonds is 4. The van der Waals surface area contributed by atoms with Crippen LogP contribution in [0.1, 0.15) is 25.7 Å². The Morgan fingerprint density at radius 2 is 2.21 bits per heavy atom. The molecule has 2 heterocycles. The van der Waals surface area contributed by atoms with Crippen molar-refractivity contribution in [2.45, 2.75) is 38.3 Å². The normalized spacial score (nSPS) is 17.8. The molecule has 1 fully saturated rings. The summed E-state index contributed by atoms with van der Waals surface area (Å²) in [6, 6.07) is 2.90. The van der Waals surface area contributed by atoms with E-state index in [9.17, 15) is 13.6 Å². The Morgan fingerprint density at radius 1 is 1.33 bits per heavy atom. The predicted molar refractivity (Wildman–Crippen MR) is 86.6 cm³/mol. The van der Waals surface area contributed by atoms with Gasteiger partial charge in [0.1, 0.15) is 11.6 Å².